The van der Waals surface area contributed by atoms with Crippen LogP contribution in [0.2, 0.25) is 0 Å². The van der Waals surface area contributed by atoms with Crippen LogP contribution in [0.3, 0.4) is 0 Å². The van der Waals surface area contributed by atoms with Gasteiger partial charge in [0.15, 0.2) is 11.5 Å². The van der Waals surface area contributed by atoms with Crippen molar-refractivity contribution in [3.05, 3.63) is 36.4 Å². The topological polar surface area (TPSA) is 59.0 Å². The molecule has 1 N–H and O–H groups in total. The smallest absolute Gasteiger partial charge is 0.311 e. The first-order valence-corrected chi connectivity index (χ1v) is 8.45. The second kappa shape index (κ2) is 6.85. The lowest BCUT2D eigenvalue weighted by Gasteiger charge is -2.23. The van der Waals surface area contributed by atoms with Gasteiger partial charge < -0.3 is 14.6 Å². The second-order valence-electron chi connectivity index (χ2n) is 6.80. The fourth-order valence-corrected chi connectivity index (χ4v) is 4.20. The number of carboxylic acids is 1. The van der Waals surface area contributed by atoms with Crippen LogP contribution in [0.5, 0.6) is 11.5 Å². The van der Waals surface area contributed by atoms with E-state index in [-0.39, 0.29) is 5.92 Å². The summed E-state index contributed by atoms with van der Waals surface area (Å²) in [5, 5.41) is 9.69. The summed E-state index contributed by atoms with van der Waals surface area (Å²) in [5.41, 5.74) is 0.579. The SMILES string of the molecule is C=CCOc1ccc(CN2C[C@@H]3CCC[C@@]3(C(=O)O)C2)cc1OC. The predicted octanol–water partition coefficient (Wildman–Crippen LogP) is 2.95. The molecule has 1 heterocycles. The summed E-state index contributed by atoms with van der Waals surface area (Å²) in [5.74, 6) is 1.05. The van der Waals surface area contributed by atoms with Crippen LogP contribution in [0.25, 0.3) is 0 Å². The highest BCUT2D eigenvalue weighted by atomic mass is 16.5. The Bertz CT molecular complexity index is 630. The number of hydrogen-bond acceptors (Lipinski definition) is 4. The molecule has 1 aliphatic heterocycles. The van der Waals surface area contributed by atoms with Gasteiger partial charge in [-0.05, 0) is 36.5 Å². The molecule has 0 unspecified atom stereocenters. The summed E-state index contributed by atoms with van der Waals surface area (Å²) in [7, 11) is 1.62. The molecular formula is C19H25NO4. The molecule has 0 spiro atoms. The fourth-order valence-electron chi connectivity index (χ4n) is 4.20. The first-order chi connectivity index (χ1) is 11.6. The van der Waals surface area contributed by atoms with E-state index in [1.807, 2.05) is 18.2 Å². The normalized spacial score (nSPS) is 26.1. The van der Waals surface area contributed by atoms with E-state index in [2.05, 4.69) is 11.5 Å². The molecule has 5 heteroatoms. The zero-order valence-electron chi connectivity index (χ0n) is 14.2. The first-order valence-electron chi connectivity index (χ1n) is 8.45. The number of aliphatic carboxylic acids is 1. The van der Waals surface area contributed by atoms with Crippen LogP contribution in [0.1, 0.15) is 24.8 Å². The fraction of sp³-hybridized carbons (Fsp3) is 0.526. The minimum atomic E-state index is -0.627. The minimum Gasteiger partial charge on any atom is -0.493 e. The molecule has 3 rings (SSSR count). The predicted molar refractivity (Wildman–Crippen MR) is 91.4 cm³/mol. The summed E-state index contributed by atoms with van der Waals surface area (Å²) in [6.45, 7) is 6.33. The quantitative estimate of drug-likeness (QED) is 0.779. The van der Waals surface area contributed by atoms with Crippen LogP contribution in [0.4, 0.5) is 0 Å². The number of hydrogen-bond donors (Lipinski definition) is 1. The molecule has 1 aliphatic carbocycles. The van der Waals surface area contributed by atoms with E-state index in [1.54, 1.807) is 13.2 Å². The van der Waals surface area contributed by atoms with Gasteiger partial charge in [0.25, 0.3) is 0 Å². The molecule has 2 fully saturated rings. The molecule has 0 radical (unpaired) electrons. The van der Waals surface area contributed by atoms with Gasteiger partial charge >= 0.3 is 5.97 Å². The Hall–Kier alpha value is -2.01. The van der Waals surface area contributed by atoms with E-state index < -0.39 is 11.4 Å². The Kier molecular flexibility index (Phi) is 4.81. The van der Waals surface area contributed by atoms with Gasteiger partial charge in [0.05, 0.1) is 12.5 Å². The molecule has 5 nitrogen and oxygen atoms in total. The van der Waals surface area contributed by atoms with Crippen molar-refractivity contribution >= 4 is 5.97 Å². The molecule has 1 saturated carbocycles. The lowest BCUT2D eigenvalue weighted by atomic mass is 9.81. The van der Waals surface area contributed by atoms with Crippen LogP contribution < -0.4 is 9.47 Å². The van der Waals surface area contributed by atoms with Gasteiger partial charge in [0.2, 0.25) is 0 Å². The Labute approximate surface area is 142 Å². The van der Waals surface area contributed by atoms with Gasteiger partial charge in [-0.3, -0.25) is 9.69 Å². The van der Waals surface area contributed by atoms with Crippen LogP contribution >= 0.6 is 0 Å². The molecule has 24 heavy (non-hydrogen) atoms. The molecule has 0 amide bonds. The van der Waals surface area contributed by atoms with E-state index >= 15 is 0 Å². The average Bonchev–Trinajstić information content (AvgIpc) is 3.11. The zero-order chi connectivity index (χ0) is 17.2. The van der Waals surface area contributed by atoms with E-state index in [1.165, 1.54) is 0 Å². The molecule has 0 aromatic heterocycles. The van der Waals surface area contributed by atoms with Crippen molar-refractivity contribution in [3.63, 3.8) is 0 Å². The van der Waals surface area contributed by atoms with Crippen molar-refractivity contribution < 1.29 is 19.4 Å². The van der Waals surface area contributed by atoms with Gasteiger partial charge in [-0.25, -0.2) is 0 Å². The second-order valence-corrected chi connectivity index (χ2v) is 6.80. The van der Waals surface area contributed by atoms with Gasteiger partial charge in [-0.1, -0.05) is 25.1 Å². The lowest BCUT2D eigenvalue weighted by molar-refractivity contribution is -0.149. The average molecular weight is 331 g/mol. The number of methoxy groups -OCH3 is 1. The number of nitrogens with zero attached hydrogens (tertiary/aromatic N) is 1. The Balaban J connectivity index is 1.71. The van der Waals surface area contributed by atoms with Crippen LogP contribution in [-0.4, -0.2) is 42.8 Å². The largest absolute Gasteiger partial charge is 0.493 e. The number of carboxylic acid groups (broad SMARTS) is 1. The van der Waals surface area contributed by atoms with Crippen molar-refractivity contribution in [2.75, 3.05) is 26.8 Å². The molecule has 1 aromatic carbocycles. The molecule has 1 aromatic rings. The van der Waals surface area contributed by atoms with Gasteiger partial charge in [0.1, 0.15) is 6.61 Å². The third kappa shape index (κ3) is 3.00. The number of carbonyl (C=O) groups is 1. The van der Waals surface area contributed by atoms with Crippen molar-refractivity contribution in [2.45, 2.75) is 25.8 Å². The van der Waals surface area contributed by atoms with E-state index in [0.717, 1.165) is 37.9 Å². The third-order valence-electron chi connectivity index (χ3n) is 5.36. The summed E-state index contributed by atoms with van der Waals surface area (Å²) < 4.78 is 11.0. The van der Waals surface area contributed by atoms with Crippen molar-refractivity contribution in [1.29, 1.82) is 0 Å². The molecule has 2 aliphatic rings. The van der Waals surface area contributed by atoms with Gasteiger partial charge in [-0.15, -0.1) is 0 Å². The number of rotatable bonds is 7. The maximum absolute atomic E-state index is 11.8. The first kappa shape index (κ1) is 16.8. The van der Waals surface area contributed by atoms with Gasteiger partial charge in [-0.2, -0.15) is 0 Å². The standard InChI is InChI=1S/C19H25NO4/c1-3-9-24-16-7-6-14(10-17(16)23-2)11-20-12-15-5-4-8-19(15,13-20)18(21)22/h3,6-7,10,15H,1,4-5,8-9,11-13H2,2H3,(H,21,22)/t15-,19+/m0/s1. The maximum atomic E-state index is 11.8. The summed E-state index contributed by atoms with van der Waals surface area (Å²) >= 11 is 0. The van der Waals surface area contributed by atoms with Crippen LogP contribution in [-0.2, 0) is 11.3 Å². The Morgan fingerprint density at radius 3 is 3.00 bits per heavy atom. The summed E-state index contributed by atoms with van der Waals surface area (Å²) in [6, 6.07) is 5.89. The van der Waals surface area contributed by atoms with Crippen molar-refractivity contribution in [1.82, 2.24) is 4.90 Å². The van der Waals surface area contributed by atoms with E-state index in [4.69, 9.17) is 9.47 Å². The Morgan fingerprint density at radius 2 is 2.33 bits per heavy atom. The highest BCUT2D eigenvalue weighted by molar-refractivity contribution is 5.76. The summed E-state index contributed by atoms with van der Waals surface area (Å²) in [6.07, 6.45) is 4.57. The molecule has 1 saturated heterocycles. The molecular weight excluding hydrogens is 306 g/mol. The zero-order valence-corrected chi connectivity index (χ0v) is 14.2. The number of ether oxygens (including phenoxy) is 2. The summed E-state index contributed by atoms with van der Waals surface area (Å²) in [4.78, 5) is 14.0. The maximum Gasteiger partial charge on any atom is 0.311 e. The molecule has 2 atom stereocenters. The van der Waals surface area contributed by atoms with E-state index in [9.17, 15) is 9.90 Å². The molecule has 0 bridgehead atoms. The Morgan fingerprint density at radius 1 is 1.50 bits per heavy atom. The highest BCUT2D eigenvalue weighted by Gasteiger charge is 2.54. The monoisotopic (exact) mass is 331 g/mol. The lowest BCUT2D eigenvalue weighted by Crippen LogP contribution is -2.35. The van der Waals surface area contributed by atoms with Crippen molar-refractivity contribution in [3.8, 4) is 11.5 Å². The molecule has 130 valence electrons. The number of fused-ring (bicyclic) bond motifs is 1. The van der Waals surface area contributed by atoms with Gasteiger partial charge in [0, 0.05) is 19.6 Å². The third-order valence-corrected chi connectivity index (χ3v) is 5.36. The highest BCUT2D eigenvalue weighted by Crippen LogP contribution is 2.49. The van der Waals surface area contributed by atoms with Crippen molar-refractivity contribution in [2.24, 2.45) is 11.3 Å². The van der Waals surface area contributed by atoms with E-state index in [0.29, 0.717) is 24.7 Å². The van der Waals surface area contributed by atoms with Crippen LogP contribution in [0, 0.1) is 11.3 Å². The number of benzene rings is 1. The van der Waals surface area contributed by atoms with Crippen LogP contribution in [0.15, 0.2) is 30.9 Å². The minimum absolute atomic E-state index is 0.284. The number of likely N-dealkylation sites (tertiary alicyclic amines) is 1.